The molecule has 1 aliphatic carbocycles. The molecule has 70 valence electrons. The SMILES string of the molecule is CNC[C@H]1O[C@H]2CC[C@@H](C2)N1C. The van der Waals surface area contributed by atoms with Crippen molar-refractivity contribution in [3.63, 3.8) is 0 Å². The Hall–Kier alpha value is -0.120. The van der Waals surface area contributed by atoms with Crippen molar-refractivity contribution in [3.8, 4) is 0 Å². The van der Waals surface area contributed by atoms with E-state index in [2.05, 4.69) is 17.3 Å². The van der Waals surface area contributed by atoms with Crippen LogP contribution in [0.25, 0.3) is 0 Å². The molecule has 2 aliphatic rings. The lowest BCUT2D eigenvalue weighted by Crippen LogP contribution is -2.50. The van der Waals surface area contributed by atoms with Crippen LogP contribution in [0.1, 0.15) is 19.3 Å². The minimum Gasteiger partial charge on any atom is -0.358 e. The number of rotatable bonds is 2. The third-order valence-corrected chi connectivity index (χ3v) is 3.12. The maximum Gasteiger partial charge on any atom is 0.123 e. The van der Waals surface area contributed by atoms with E-state index in [1.165, 1.54) is 19.3 Å². The molecule has 12 heavy (non-hydrogen) atoms. The molecule has 1 N–H and O–H groups in total. The average Bonchev–Trinajstić information content (AvgIpc) is 2.45. The van der Waals surface area contributed by atoms with E-state index in [0.717, 1.165) is 12.6 Å². The van der Waals surface area contributed by atoms with Crippen LogP contribution >= 0.6 is 0 Å². The summed E-state index contributed by atoms with van der Waals surface area (Å²) >= 11 is 0. The molecule has 1 saturated heterocycles. The molecule has 2 bridgehead atoms. The molecule has 0 amide bonds. The molecule has 0 aromatic heterocycles. The number of ether oxygens (including phenoxy) is 1. The number of hydrogen-bond acceptors (Lipinski definition) is 3. The summed E-state index contributed by atoms with van der Waals surface area (Å²) in [6.07, 6.45) is 4.68. The Kier molecular flexibility index (Phi) is 2.35. The summed E-state index contributed by atoms with van der Waals surface area (Å²) < 4.78 is 5.89. The molecule has 0 aromatic carbocycles. The monoisotopic (exact) mass is 170 g/mol. The first kappa shape index (κ1) is 8.48. The highest BCUT2D eigenvalue weighted by Gasteiger charge is 2.38. The first-order valence-corrected chi connectivity index (χ1v) is 4.83. The maximum absolute atomic E-state index is 5.89. The van der Waals surface area contributed by atoms with E-state index in [-0.39, 0.29) is 0 Å². The van der Waals surface area contributed by atoms with Crippen LogP contribution in [0.4, 0.5) is 0 Å². The van der Waals surface area contributed by atoms with Crippen LogP contribution in [0.5, 0.6) is 0 Å². The van der Waals surface area contributed by atoms with E-state index < -0.39 is 0 Å². The van der Waals surface area contributed by atoms with Gasteiger partial charge in [0.25, 0.3) is 0 Å². The molecule has 1 saturated carbocycles. The van der Waals surface area contributed by atoms with Gasteiger partial charge in [0, 0.05) is 12.6 Å². The summed E-state index contributed by atoms with van der Waals surface area (Å²) in [7, 11) is 4.15. The van der Waals surface area contributed by atoms with Gasteiger partial charge in [0.1, 0.15) is 6.23 Å². The summed E-state index contributed by atoms with van der Waals surface area (Å²) in [5.41, 5.74) is 0. The molecular formula is C9H18N2O. The largest absolute Gasteiger partial charge is 0.358 e. The summed E-state index contributed by atoms with van der Waals surface area (Å²) in [5, 5.41) is 3.17. The highest BCUT2D eigenvalue weighted by Crippen LogP contribution is 2.32. The highest BCUT2D eigenvalue weighted by molar-refractivity contribution is 4.88. The van der Waals surface area contributed by atoms with Gasteiger partial charge in [0.05, 0.1) is 6.10 Å². The number of likely N-dealkylation sites (N-methyl/N-ethyl adjacent to an activating group) is 2. The van der Waals surface area contributed by atoms with Gasteiger partial charge in [-0.15, -0.1) is 0 Å². The van der Waals surface area contributed by atoms with Crippen molar-refractivity contribution in [3.05, 3.63) is 0 Å². The predicted octanol–water partition coefficient (Wildman–Crippen LogP) is 0.415. The fourth-order valence-electron chi connectivity index (χ4n) is 2.33. The van der Waals surface area contributed by atoms with E-state index in [0.29, 0.717) is 12.3 Å². The lowest BCUT2D eigenvalue weighted by atomic mass is 10.2. The summed E-state index contributed by atoms with van der Waals surface area (Å²) in [5.74, 6) is 0. The Bertz CT molecular complexity index is 163. The molecule has 0 radical (unpaired) electrons. The Morgan fingerprint density at radius 3 is 3.08 bits per heavy atom. The van der Waals surface area contributed by atoms with Gasteiger partial charge in [0.2, 0.25) is 0 Å². The molecule has 1 heterocycles. The van der Waals surface area contributed by atoms with Crippen LogP contribution in [-0.4, -0.2) is 43.9 Å². The van der Waals surface area contributed by atoms with E-state index in [9.17, 15) is 0 Å². The molecule has 2 rings (SSSR count). The molecule has 3 atom stereocenters. The lowest BCUT2D eigenvalue weighted by Gasteiger charge is -2.37. The van der Waals surface area contributed by atoms with Crippen LogP contribution in [0, 0.1) is 0 Å². The molecule has 0 aromatic rings. The third kappa shape index (κ3) is 1.37. The maximum atomic E-state index is 5.89. The zero-order valence-electron chi connectivity index (χ0n) is 7.92. The van der Waals surface area contributed by atoms with E-state index in [1.54, 1.807) is 0 Å². The van der Waals surface area contributed by atoms with Crippen LogP contribution in [-0.2, 0) is 4.74 Å². The first-order valence-electron chi connectivity index (χ1n) is 4.83. The Morgan fingerprint density at radius 2 is 2.33 bits per heavy atom. The number of hydrogen-bond donors (Lipinski definition) is 1. The zero-order chi connectivity index (χ0) is 8.55. The lowest BCUT2D eigenvalue weighted by molar-refractivity contribution is -0.124. The molecular weight excluding hydrogens is 152 g/mol. The van der Waals surface area contributed by atoms with Crippen molar-refractivity contribution in [2.24, 2.45) is 0 Å². The highest BCUT2D eigenvalue weighted by atomic mass is 16.5. The van der Waals surface area contributed by atoms with E-state index in [1.807, 2.05) is 7.05 Å². The van der Waals surface area contributed by atoms with Gasteiger partial charge in [-0.05, 0) is 33.4 Å². The average molecular weight is 170 g/mol. The third-order valence-electron chi connectivity index (χ3n) is 3.12. The molecule has 1 aliphatic heterocycles. The normalized spacial score (nSPS) is 42.0. The van der Waals surface area contributed by atoms with Crippen molar-refractivity contribution >= 4 is 0 Å². The predicted molar refractivity (Wildman–Crippen MR) is 48.0 cm³/mol. The van der Waals surface area contributed by atoms with Gasteiger partial charge in [-0.2, -0.15) is 0 Å². The molecule has 2 fully saturated rings. The quantitative estimate of drug-likeness (QED) is 0.650. The van der Waals surface area contributed by atoms with Gasteiger partial charge < -0.3 is 10.1 Å². The summed E-state index contributed by atoms with van der Waals surface area (Å²) in [6.45, 7) is 0.948. The molecule has 3 nitrogen and oxygen atoms in total. The Labute approximate surface area is 74.1 Å². The van der Waals surface area contributed by atoms with E-state index >= 15 is 0 Å². The molecule has 0 unspecified atom stereocenters. The van der Waals surface area contributed by atoms with Gasteiger partial charge in [0.15, 0.2) is 0 Å². The fraction of sp³-hybridized carbons (Fsp3) is 1.00. The Morgan fingerprint density at radius 1 is 1.50 bits per heavy atom. The zero-order valence-corrected chi connectivity index (χ0v) is 7.92. The van der Waals surface area contributed by atoms with Gasteiger partial charge >= 0.3 is 0 Å². The Balaban J connectivity index is 1.98. The van der Waals surface area contributed by atoms with Crippen LogP contribution in [0.15, 0.2) is 0 Å². The standard InChI is InChI=1S/C9H18N2O/c1-10-6-9-11(2)7-3-4-8(5-7)12-9/h7-10H,3-6H2,1-2H3/t7-,8-,9+/m0/s1. The van der Waals surface area contributed by atoms with Crippen LogP contribution in [0.3, 0.4) is 0 Å². The van der Waals surface area contributed by atoms with Crippen LogP contribution < -0.4 is 5.32 Å². The van der Waals surface area contributed by atoms with Crippen molar-refractivity contribution in [2.75, 3.05) is 20.6 Å². The van der Waals surface area contributed by atoms with Gasteiger partial charge in [-0.25, -0.2) is 0 Å². The minimum absolute atomic E-state index is 0.307. The number of fused-ring (bicyclic) bond motifs is 2. The van der Waals surface area contributed by atoms with Gasteiger partial charge in [-0.3, -0.25) is 4.90 Å². The van der Waals surface area contributed by atoms with Gasteiger partial charge in [-0.1, -0.05) is 0 Å². The van der Waals surface area contributed by atoms with Crippen molar-refractivity contribution in [2.45, 2.75) is 37.6 Å². The summed E-state index contributed by atoms with van der Waals surface area (Å²) in [4.78, 5) is 2.38. The molecule has 3 heteroatoms. The second-order valence-electron chi connectivity index (χ2n) is 3.90. The van der Waals surface area contributed by atoms with E-state index in [4.69, 9.17) is 4.74 Å². The number of nitrogens with one attached hydrogen (secondary N) is 1. The fourth-order valence-corrected chi connectivity index (χ4v) is 2.33. The molecule has 0 spiro atoms. The van der Waals surface area contributed by atoms with Crippen molar-refractivity contribution < 1.29 is 4.74 Å². The second kappa shape index (κ2) is 3.32. The minimum atomic E-state index is 0.307. The summed E-state index contributed by atoms with van der Waals surface area (Å²) in [6, 6.07) is 0.780. The van der Waals surface area contributed by atoms with Crippen LogP contribution in [0.2, 0.25) is 0 Å². The smallest absolute Gasteiger partial charge is 0.123 e. The second-order valence-corrected chi connectivity index (χ2v) is 3.90. The van der Waals surface area contributed by atoms with Crippen molar-refractivity contribution in [1.82, 2.24) is 10.2 Å². The first-order chi connectivity index (χ1) is 5.81. The number of nitrogens with zero attached hydrogens (tertiary/aromatic N) is 1. The topological polar surface area (TPSA) is 24.5 Å². The van der Waals surface area contributed by atoms with Crippen molar-refractivity contribution in [1.29, 1.82) is 0 Å².